The van der Waals surface area contributed by atoms with Crippen LogP contribution in [0.1, 0.15) is 24.9 Å². The first-order chi connectivity index (χ1) is 6.60. The molecule has 2 N–H and O–H groups in total. The average Bonchev–Trinajstić information content (AvgIpc) is 2.15. The molecule has 78 valence electrons. The van der Waals surface area contributed by atoms with Crippen LogP contribution in [0.3, 0.4) is 0 Å². The molecule has 1 aromatic rings. The normalized spacial score (nSPS) is 12.6. The fourth-order valence-corrected chi connectivity index (χ4v) is 1.91. The van der Waals surface area contributed by atoms with E-state index in [-0.39, 0.29) is 6.04 Å². The summed E-state index contributed by atoms with van der Waals surface area (Å²) in [5, 5.41) is 1.11. The number of rotatable bonds is 3. The van der Waals surface area contributed by atoms with E-state index in [0.717, 1.165) is 12.0 Å². The molecule has 0 aromatic heterocycles. The molecule has 0 heterocycles. The molecule has 4 heteroatoms. The molecule has 0 radical (unpaired) electrons. The summed E-state index contributed by atoms with van der Waals surface area (Å²) in [6.07, 6.45) is 0.803. The zero-order valence-electron chi connectivity index (χ0n) is 8.18. The Bertz CT molecular complexity index is 328. The van der Waals surface area contributed by atoms with Crippen molar-refractivity contribution in [2.75, 3.05) is 7.11 Å². The number of benzene rings is 1. The molecule has 14 heavy (non-hydrogen) atoms. The van der Waals surface area contributed by atoms with E-state index in [4.69, 9.17) is 33.7 Å². The minimum atomic E-state index is -0.116. The quantitative estimate of drug-likeness (QED) is 0.869. The predicted octanol–water partition coefficient (Wildman–Crippen LogP) is 3.41. The van der Waals surface area contributed by atoms with Crippen LogP contribution >= 0.6 is 23.2 Å². The van der Waals surface area contributed by atoms with Gasteiger partial charge in [-0.25, -0.2) is 0 Å². The van der Waals surface area contributed by atoms with Crippen molar-refractivity contribution >= 4 is 23.2 Å². The lowest BCUT2D eigenvalue weighted by Crippen LogP contribution is -2.10. The number of halogens is 2. The van der Waals surface area contributed by atoms with Crippen LogP contribution in [0.5, 0.6) is 5.75 Å². The van der Waals surface area contributed by atoms with Gasteiger partial charge in [-0.3, -0.25) is 0 Å². The Morgan fingerprint density at radius 1 is 1.43 bits per heavy atom. The van der Waals surface area contributed by atoms with Crippen molar-refractivity contribution in [1.82, 2.24) is 0 Å². The molecule has 0 amide bonds. The molecule has 0 aliphatic heterocycles. The van der Waals surface area contributed by atoms with Gasteiger partial charge in [-0.1, -0.05) is 30.1 Å². The topological polar surface area (TPSA) is 35.2 Å². The van der Waals surface area contributed by atoms with E-state index in [0.29, 0.717) is 15.8 Å². The Morgan fingerprint density at radius 2 is 2.07 bits per heavy atom. The minimum Gasteiger partial charge on any atom is -0.496 e. The van der Waals surface area contributed by atoms with Gasteiger partial charge in [0.05, 0.1) is 12.1 Å². The number of nitrogens with two attached hydrogens (primary N) is 1. The van der Waals surface area contributed by atoms with Crippen LogP contribution in [-0.2, 0) is 0 Å². The standard InChI is InChI=1S/C10H13Cl2NO/c1-3-8(13)10-7(12)4-6(11)5-9(10)14-2/h4-5,8H,3,13H2,1-2H3. The lowest BCUT2D eigenvalue weighted by molar-refractivity contribution is 0.405. The molecule has 2 nitrogen and oxygen atoms in total. The second-order valence-corrected chi connectivity index (χ2v) is 3.86. The summed E-state index contributed by atoms with van der Waals surface area (Å²) >= 11 is 11.9. The first kappa shape index (κ1) is 11.6. The third kappa shape index (κ3) is 2.32. The molecule has 0 saturated heterocycles. The minimum absolute atomic E-state index is 0.116. The van der Waals surface area contributed by atoms with Crippen LogP contribution in [0.2, 0.25) is 10.0 Å². The van der Waals surface area contributed by atoms with Gasteiger partial charge >= 0.3 is 0 Å². The first-order valence-corrected chi connectivity index (χ1v) is 5.14. The van der Waals surface area contributed by atoms with E-state index < -0.39 is 0 Å². The Labute approximate surface area is 94.0 Å². The van der Waals surface area contributed by atoms with Gasteiger partial charge in [0.25, 0.3) is 0 Å². The molecule has 0 spiro atoms. The summed E-state index contributed by atoms with van der Waals surface area (Å²) in [4.78, 5) is 0. The molecule has 0 aliphatic rings. The predicted molar refractivity (Wildman–Crippen MR) is 60.2 cm³/mol. The number of ether oxygens (including phenoxy) is 1. The molecule has 0 fully saturated rings. The molecule has 1 aromatic carbocycles. The molecule has 0 aliphatic carbocycles. The Morgan fingerprint density at radius 3 is 2.57 bits per heavy atom. The van der Waals surface area contributed by atoms with Crippen LogP contribution in [0.4, 0.5) is 0 Å². The molecular weight excluding hydrogens is 221 g/mol. The zero-order valence-corrected chi connectivity index (χ0v) is 9.69. The largest absolute Gasteiger partial charge is 0.496 e. The van der Waals surface area contributed by atoms with E-state index >= 15 is 0 Å². The summed E-state index contributed by atoms with van der Waals surface area (Å²) < 4.78 is 5.18. The summed E-state index contributed by atoms with van der Waals surface area (Å²) in [6, 6.07) is 3.28. The van der Waals surface area contributed by atoms with Gasteiger partial charge in [0.1, 0.15) is 5.75 Å². The van der Waals surface area contributed by atoms with Crippen LogP contribution in [0, 0.1) is 0 Å². The van der Waals surface area contributed by atoms with Gasteiger partial charge < -0.3 is 10.5 Å². The maximum atomic E-state index is 6.04. The summed E-state index contributed by atoms with van der Waals surface area (Å²) in [5.74, 6) is 0.650. The van der Waals surface area contributed by atoms with Gasteiger partial charge in [0.15, 0.2) is 0 Å². The summed E-state index contributed by atoms with van der Waals surface area (Å²) in [6.45, 7) is 2.00. The highest BCUT2D eigenvalue weighted by Gasteiger charge is 2.15. The fourth-order valence-electron chi connectivity index (χ4n) is 1.29. The first-order valence-electron chi connectivity index (χ1n) is 4.38. The number of methoxy groups -OCH3 is 1. The third-order valence-electron chi connectivity index (χ3n) is 2.09. The van der Waals surface area contributed by atoms with Crippen molar-refractivity contribution in [2.45, 2.75) is 19.4 Å². The third-order valence-corrected chi connectivity index (χ3v) is 2.62. The van der Waals surface area contributed by atoms with Gasteiger partial charge in [-0.15, -0.1) is 0 Å². The lowest BCUT2D eigenvalue weighted by Gasteiger charge is -2.16. The summed E-state index contributed by atoms with van der Waals surface area (Å²) in [7, 11) is 1.58. The monoisotopic (exact) mass is 233 g/mol. The number of hydrogen-bond acceptors (Lipinski definition) is 2. The highest BCUT2D eigenvalue weighted by molar-refractivity contribution is 6.35. The maximum absolute atomic E-state index is 6.04. The van der Waals surface area contributed by atoms with Gasteiger partial charge in [0.2, 0.25) is 0 Å². The van der Waals surface area contributed by atoms with Crippen molar-refractivity contribution < 1.29 is 4.74 Å². The Kier molecular flexibility index (Phi) is 4.05. The average molecular weight is 234 g/mol. The van der Waals surface area contributed by atoms with Crippen molar-refractivity contribution in [1.29, 1.82) is 0 Å². The van der Waals surface area contributed by atoms with E-state index in [1.807, 2.05) is 6.92 Å². The molecular formula is C10H13Cl2NO. The van der Waals surface area contributed by atoms with Gasteiger partial charge in [0, 0.05) is 16.6 Å². The van der Waals surface area contributed by atoms with E-state index in [2.05, 4.69) is 0 Å². The van der Waals surface area contributed by atoms with Crippen LogP contribution in [-0.4, -0.2) is 7.11 Å². The van der Waals surface area contributed by atoms with Gasteiger partial charge in [-0.05, 0) is 18.6 Å². The molecule has 1 unspecified atom stereocenters. The summed E-state index contributed by atoms with van der Waals surface area (Å²) in [5.41, 5.74) is 6.73. The van der Waals surface area contributed by atoms with Crippen molar-refractivity contribution in [3.8, 4) is 5.75 Å². The van der Waals surface area contributed by atoms with Crippen molar-refractivity contribution in [3.05, 3.63) is 27.7 Å². The highest BCUT2D eigenvalue weighted by atomic mass is 35.5. The van der Waals surface area contributed by atoms with Crippen LogP contribution in [0.15, 0.2) is 12.1 Å². The SMILES string of the molecule is CCC(N)c1c(Cl)cc(Cl)cc1OC. The smallest absolute Gasteiger partial charge is 0.126 e. The lowest BCUT2D eigenvalue weighted by atomic mass is 10.0. The van der Waals surface area contributed by atoms with Gasteiger partial charge in [-0.2, -0.15) is 0 Å². The van der Waals surface area contributed by atoms with Crippen LogP contribution in [0.25, 0.3) is 0 Å². The highest BCUT2D eigenvalue weighted by Crippen LogP contribution is 2.35. The second kappa shape index (κ2) is 4.87. The van der Waals surface area contributed by atoms with Crippen molar-refractivity contribution in [2.24, 2.45) is 5.73 Å². The van der Waals surface area contributed by atoms with Crippen LogP contribution < -0.4 is 10.5 Å². The molecule has 1 rings (SSSR count). The number of hydrogen-bond donors (Lipinski definition) is 1. The zero-order chi connectivity index (χ0) is 10.7. The van der Waals surface area contributed by atoms with Crippen molar-refractivity contribution in [3.63, 3.8) is 0 Å². The second-order valence-electron chi connectivity index (χ2n) is 3.02. The van der Waals surface area contributed by atoms with E-state index in [1.54, 1.807) is 19.2 Å². The fraction of sp³-hybridized carbons (Fsp3) is 0.400. The van der Waals surface area contributed by atoms with E-state index in [9.17, 15) is 0 Å². The molecule has 0 bridgehead atoms. The van der Waals surface area contributed by atoms with E-state index in [1.165, 1.54) is 0 Å². The molecule has 1 atom stereocenters. The Balaban J connectivity index is 3.24. The Hall–Kier alpha value is -0.440. The maximum Gasteiger partial charge on any atom is 0.126 e. The molecule has 0 saturated carbocycles.